The van der Waals surface area contributed by atoms with Gasteiger partial charge in [0.25, 0.3) is 0 Å². The van der Waals surface area contributed by atoms with E-state index in [0.717, 1.165) is 25.7 Å². The summed E-state index contributed by atoms with van der Waals surface area (Å²) < 4.78 is 5.05. The molecule has 0 heterocycles. The predicted octanol–water partition coefficient (Wildman–Crippen LogP) is 8.50. The summed E-state index contributed by atoms with van der Waals surface area (Å²) in [4.78, 5) is 10.8. The maximum atomic E-state index is 10.8. The van der Waals surface area contributed by atoms with Crippen molar-refractivity contribution in [2.75, 3.05) is 0 Å². The van der Waals surface area contributed by atoms with Gasteiger partial charge < -0.3 is 9.84 Å². The van der Waals surface area contributed by atoms with E-state index in [4.69, 9.17) is 9.84 Å². The van der Waals surface area contributed by atoms with E-state index in [-0.39, 0.29) is 6.10 Å². The van der Waals surface area contributed by atoms with E-state index in [2.05, 4.69) is 13.8 Å². The van der Waals surface area contributed by atoms with Crippen molar-refractivity contribution >= 4 is 6.16 Å². The first kappa shape index (κ1) is 25.3. The third kappa shape index (κ3) is 19.6. The highest BCUT2D eigenvalue weighted by atomic mass is 16.7. The summed E-state index contributed by atoms with van der Waals surface area (Å²) in [5, 5.41) is 8.87. The molecule has 0 aromatic rings. The molecule has 0 saturated heterocycles. The van der Waals surface area contributed by atoms with E-state index in [0.29, 0.717) is 0 Å². The standard InChI is InChI=1S/C23H46O3/c1-3-5-7-9-10-11-12-13-14-15-16-17-19-21-22(26-23(24)25)20-18-8-6-4-2/h22H,3-21H2,1-2H3,(H,24,25). The van der Waals surface area contributed by atoms with Crippen molar-refractivity contribution in [2.24, 2.45) is 0 Å². The Morgan fingerprint density at radius 1 is 0.615 bits per heavy atom. The van der Waals surface area contributed by atoms with E-state index in [9.17, 15) is 4.79 Å². The van der Waals surface area contributed by atoms with Crippen LogP contribution in [0.5, 0.6) is 0 Å². The number of hydrogen-bond donors (Lipinski definition) is 1. The van der Waals surface area contributed by atoms with Crippen molar-refractivity contribution in [3.05, 3.63) is 0 Å². The monoisotopic (exact) mass is 370 g/mol. The second-order valence-electron chi connectivity index (χ2n) is 7.89. The van der Waals surface area contributed by atoms with Gasteiger partial charge in [0.05, 0.1) is 0 Å². The Morgan fingerprint density at radius 3 is 1.27 bits per heavy atom. The van der Waals surface area contributed by atoms with E-state index >= 15 is 0 Å². The Morgan fingerprint density at radius 2 is 0.923 bits per heavy atom. The molecule has 156 valence electrons. The molecule has 3 nitrogen and oxygen atoms in total. The third-order valence-corrected chi connectivity index (χ3v) is 5.28. The number of ether oxygens (including phenoxy) is 1. The molecule has 0 aromatic carbocycles. The molecule has 0 aromatic heterocycles. The summed E-state index contributed by atoms with van der Waals surface area (Å²) in [7, 11) is 0. The lowest BCUT2D eigenvalue weighted by molar-refractivity contribution is 0.0422. The Hall–Kier alpha value is -0.730. The first-order valence-electron chi connectivity index (χ1n) is 11.6. The fraction of sp³-hybridized carbons (Fsp3) is 0.957. The molecule has 0 rings (SSSR count). The fourth-order valence-corrected chi connectivity index (χ4v) is 3.59. The summed E-state index contributed by atoms with van der Waals surface area (Å²) in [6.45, 7) is 4.46. The highest BCUT2D eigenvalue weighted by molar-refractivity contribution is 5.57. The van der Waals surface area contributed by atoms with Crippen molar-refractivity contribution < 1.29 is 14.6 Å². The average molecular weight is 371 g/mol. The van der Waals surface area contributed by atoms with Crippen LogP contribution in [0.2, 0.25) is 0 Å². The molecule has 0 bridgehead atoms. The highest BCUT2D eigenvalue weighted by Gasteiger charge is 2.12. The minimum Gasteiger partial charge on any atom is -0.450 e. The molecule has 1 atom stereocenters. The average Bonchev–Trinajstić information content (AvgIpc) is 2.62. The van der Waals surface area contributed by atoms with Gasteiger partial charge in [0.2, 0.25) is 0 Å². The van der Waals surface area contributed by atoms with Gasteiger partial charge in [0, 0.05) is 0 Å². The highest BCUT2D eigenvalue weighted by Crippen LogP contribution is 2.17. The lowest BCUT2D eigenvalue weighted by Gasteiger charge is -2.15. The smallest absolute Gasteiger partial charge is 0.450 e. The molecule has 3 heteroatoms. The van der Waals surface area contributed by atoms with Crippen molar-refractivity contribution in [1.29, 1.82) is 0 Å². The molecular formula is C23H46O3. The summed E-state index contributed by atoms with van der Waals surface area (Å²) in [5.74, 6) is 0. The summed E-state index contributed by atoms with van der Waals surface area (Å²) >= 11 is 0. The molecule has 0 saturated carbocycles. The Labute approximate surface area is 163 Å². The quantitative estimate of drug-likeness (QED) is 0.172. The van der Waals surface area contributed by atoms with Gasteiger partial charge in [-0.25, -0.2) is 4.79 Å². The van der Waals surface area contributed by atoms with E-state index in [1.54, 1.807) is 0 Å². The van der Waals surface area contributed by atoms with Gasteiger partial charge in [-0.3, -0.25) is 0 Å². The largest absolute Gasteiger partial charge is 0.506 e. The van der Waals surface area contributed by atoms with Crippen molar-refractivity contribution in [3.8, 4) is 0 Å². The van der Waals surface area contributed by atoms with Crippen LogP contribution < -0.4 is 0 Å². The Balaban J connectivity index is 3.44. The van der Waals surface area contributed by atoms with Crippen LogP contribution in [0.1, 0.15) is 136 Å². The van der Waals surface area contributed by atoms with Gasteiger partial charge in [-0.05, 0) is 25.7 Å². The van der Waals surface area contributed by atoms with E-state index in [1.165, 1.54) is 96.3 Å². The second-order valence-corrected chi connectivity index (χ2v) is 7.89. The van der Waals surface area contributed by atoms with Crippen LogP contribution >= 0.6 is 0 Å². The second kappa shape index (κ2) is 20.6. The fourth-order valence-electron chi connectivity index (χ4n) is 3.59. The van der Waals surface area contributed by atoms with E-state index in [1.807, 2.05) is 0 Å². The number of carboxylic acid groups (broad SMARTS) is 1. The van der Waals surface area contributed by atoms with Crippen LogP contribution in [0.25, 0.3) is 0 Å². The molecule has 0 fully saturated rings. The lowest BCUT2D eigenvalue weighted by Crippen LogP contribution is -2.16. The van der Waals surface area contributed by atoms with Gasteiger partial charge in [-0.1, -0.05) is 110 Å². The van der Waals surface area contributed by atoms with Crippen LogP contribution in [0.4, 0.5) is 4.79 Å². The van der Waals surface area contributed by atoms with Gasteiger partial charge in [-0.15, -0.1) is 0 Å². The molecule has 26 heavy (non-hydrogen) atoms. The van der Waals surface area contributed by atoms with Crippen LogP contribution in [0.15, 0.2) is 0 Å². The van der Waals surface area contributed by atoms with Crippen LogP contribution in [-0.2, 0) is 4.74 Å². The van der Waals surface area contributed by atoms with E-state index < -0.39 is 6.16 Å². The van der Waals surface area contributed by atoms with Crippen molar-refractivity contribution in [3.63, 3.8) is 0 Å². The van der Waals surface area contributed by atoms with Gasteiger partial charge in [0.1, 0.15) is 6.10 Å². The topological polar surface area (TPSA) is 46.5 Å². The van der Waals surface area contributed by atoms with Gasteiger partial charge >= 0.3 is 6.16 Å². The van der Waals surface area contributed by atoms with Crippen LogP contribution in [-0.4, -0.2) is 17.4 Å². The number of rotatable bonds is 20. The minimum absolute atomic E-state index is 0.0861. The summed E-state index contributed by atoms with van der Waals surface area (Å²) in [6, 6.07) is 0. The zero-order valence-corrected chi connectivity index (χ0v) is 17.8. The SMILES string of the molecule is CCCCCCCCCCCCCCCC(CCCCCC)OC(=O)O. The molecule has 0 aliphatic carbocycles. The molecule has 1 unspecified atom stereocenters. The van der Waals surface area contributed by atoms with Gasteiger partial charge in [0.15, 0.2) is 0 Å². The number of hydrogen-bond acceptors (Lipinski definition) is 2. The third-order valence-electron chi connectivity index (χ3n) is 5.28. The van der Waals surface area contributed by atoms with Crippen molar-refractivity contribution in [1.82, 2.24) is 0 Å². The molecule has 0 radical (unpaired) electrons. The minimum atomic E-state index is -1.11. The zero-order chi connectivity index (χ0) is 19.3. The molecule has 0 amide bonds. The molecule has 1 N–H and O–H groups in total. The first-order valence-corrected chi connectivity index (χ1v) is 11.6. The normalized spacial score (nSPS) is 12.2. The molecule has 0 aliphatic rings. The maximum Gasteiger partial charge on any atom is 0.506 e. The van der Waals surface area contributed by atoms with Crippen molar-refractivity contribution in [2.45, 2.75) is 142 Å². The summed E-state index contributed by atoms with van der Waals surface area (Å²) in [6.07, 6.45) is 22.8. The maximum absolute atomic E-state index is 10.8. The summed E-state index contributed by atoms with van der Waals surface area (Å²) in [5.41, 5.74) is 0. The number of carbonyl (C=O) groups is 1. The zero-order valence-electron chi connectivity index (χ0n) is 17.8. The first-order chi connectivity index (χ1) is 12.7. The molecule has 0 spiro atoms. The Kier molecular flexibility index (Phi) is 20.0. The lowest BCUT2D eigenvalue weighted by atomic mass is 10.0. The molecule has 0 aliphatic heterocycles. The van der Waals surface area contributed by atoms with Crippen LogP contribution in [0.3, 0.4) is 0 Å². The molecular weight excluding hydrogens is 324 g/mol. The number of unbranched alkanes of at least 4 members (excludes halogenated alkanes) is 15. The Bertz CT molecular complexity index is 291. The van der Waals surface area contributed by atoms with Gasteiger partial charge in [-0.2, -0.15) is 0 Å². The predicted molar refractivity (Wildman–Crippen MR) is 112 cm³/mol. The van der Waals surface area contributed by atoms with Crippen LogP contribution in [0, 0.1) is 0 Å².